The predicted molar refractivity (Wildman–Crippen MR) is 85.5 cm³/mol. The Bertz CT molecular complexity index is 750. The Morgan fingerprint density at radius 2 is 1.10 bits per heavy atom. The minimum Gasteiger partial charge on any atom is -0.376 e. The van der Waals surface area contributed by atoms with Gasteiger partial charge < -0.3 is 5.11 Å². The molecule has 4 rings (SSSR count). The normalized spacial score (nSPS) is 15.1. The molecule has 0 bridgehead atoms. The fourth-order valence-corrected chi connectivity index (χ4v) is 4.14. The molecule has 1 aliphatic heterocycles. The molecule has 0 saturated carbocycles. The molecule has 2 heteroatoms. The molecule has 3 aromatic carbocycles. The highest BCUT2D eigenvalue weighted by Gasteiger charge is 2.40. The third-order valence-corrected chi connectivity index (χ3v) is 5.12. The van der Waals surface area contributed by atoms with Gasteiger partial charge in [0.15, 0.2) is 0 Å². The van der Waals surface area contributed by atoms with Gasteiger partial charge in [-0.25, -0.2) is 0 Å². The summed E-state index contributed by atoms with van der Waals surface area (Å²) in [5.41, 5.74) is 1.74. The first-order valence-corrected chi connectivity index (χ1v) is 7.76. The summed E-state index contributed by atoms with van der Waals surface area (Å²) in [6.07, 6.45) is 0. The Morgan fingerprint density at radius 3 is 1.67 bits per heavy atom. The van der Waals surface area contributed by atoms with E-state index in [0.29, 0.717) is 0 Å². The number of hydrogen-bond acceptors (Lipinski definition) is 2. The first-order chi connectivity index (χ1) is 10.3. The second-order valence-electron chi connectivity index (χ2n) is 5.17. The van der Waals surface area contributed by atoms with Crippen molar-refractivity contribution in [2.75, 3.05) is 0 Å². The van der Waals surface area contributed by atoms with Gasteiger partial charge in [-0.3, -0.25) is 0 Å². The molecule has 0 atom stereocenters. The van der Waals surface area contributed by atoms with Gasteiger partial charge in [-0.05, 0) is 17.7 Å². The Labute approximate surface area is 128 Å². The molecule has 0 aliphatic carbocycles. The van der Waals surface area contributed by atoms with Crippen molar-refractivity contribution in [2.45, 2.75) is 15.4 Å². The van der Waals surface area contributed by atoms with Gasteiger partial charge in [0.05, 0.1) is 0 Å². The Balaban J connectivity index is 2.06. The SMILES string of the molecule is OC1(c2ccccc2)c2ccccc2Sc2ccccc21. The van der Waals surface area contributed by atoms with E-state index in [9.17, 15) is 5.11 Å². The van der Waals surface area contributed by atoms with Crippen LogP contribution in [0.2, 0.25) is 0 Å². The lowest BCUT2D eigenvalue weighted by Gasteiger charge is -2.36. The van der Waals surface area contributed by atoms with Crippen LogP contribution in [0.25, 0.3) is 0 Å². The lowest BCUT2D eigenvalue weighted by atomic mass is 9.80. The number of benzene rings is 3. The van der Waals surface area contributed by atoms with E-state index in [1.165, 1.54) is 0 Å². The fraction of sp³-hybridized carbons (Fsp3) is 0.0526. The average molecular weight is 290 g/mol. The van der Waals surface area contributed by atoms with Crippen molar-refractivity contribution in [2.24, 2.45) is 0 Å². The zero-order chi connectivity index (χ0) is 14.3. The zero-order valence-corrected chi connectivity index (χ0v) is 12.2. The van der Waals surface area contributed by atoms with E-state index in [-0.39, 0.29) is 0 Å². The van der Waals surface area contributed by atoms with Crippen molar-refractivity contribution in [1.29, 1.82) is 0 Å². The highest BCUT2D eigenvalue weighted by molar-refractivity contribution is 7.99. The molecule has 1 nitrogen and oxygen atoms in total. The van der Waals surface area contributed by atoms with E-state index >= 15 is 0 Å². The van der Waals surface area contributed by atoms with Crippen LogP contribution < -0.4 is 0 Å². The van der Waals surface area contributed by atoms with Gasteiger partial charge in [-0.15, -0.1) is 0 Å². The summed E-state index contributed by atoms with van der Waals surface area (Å²) in [7, 11) is 0. The average Bonchev–Trinajstić information content (AvgIpc) is 2.56. The molecule has 0 fully saturated rings. The molecule has 0 saturated heterocycles. The van der Waals surface area contributed by atoms with Gasteiger partial charge in [-0.2, -0.15) is 0 Å². The second-order valence-corrected chi connectivity index (χ2v) is 6.25. The molecule has 102 valence electrons. The van der Waals surface area contributed by atoms with Crippen LogP contribution in [0.4, 0.5) is 0 Å². The Kier molecular flexibility index (Phi) is 2.88. The molecule has 1 N–H and O–H groups in total. The van der Waals surface area contributed by atoms with Crippen LogP contribution in [0.3, 0.4) is 0 Å². The maximum absolute atomic E-state index is 11.6. The van der Waals surface area contributed by atoms with Crippen molar-refractivity contribution in [3.05, 3.63) is 95.6 Å². The smallest absolute Gasteiger partial charge is 0.142 e. The number of rotatable bonds is 1. The number of fused-ring (bicyclic) bond motifs is 2. The summed E-state index contributed by atoms with van der Waals surface area (Å²) >= 11 is 1.72. The van der Waals surface area contributed by atoms with Crippen molar-refractivity contribution < 1.29 is 5.11 Å². The zero-order valence-electron chi connectivity index (χ0n) is 11.4. The summed E-state index contributed by atoms with van der Waals surface area (Å²) < 4.78 is 0. The topological polar surface area (TPSA) is 20.2 Å². The van der Waals surface area contributed by atoms with Crippen LogP contribution in [0.1, 0.15) is 16.7 Å². The summed E-state index contributed by atoms with van der Waals surface area (Å²) in [6, 6.07) is 26.1. The van der Waals surface area contributed by atoms with Crippen LogP contribution in [-0.4, -0.2) is 5.11 Å². The third-order valence-electron chi connectivity index (χ3n) is 3.97. The molecule has 0 spiro atoms. The van der Waals surface area contributed by atoms with Crippen LogP contribution >= 0.6 is 11.8 Å². The maximum atomic E-state index is 11.6. The molecule has 1 aliphatic rings. The minimum atomic E-state index is -1.08. The van der Waals surface area contributed by atoms with E-state index in [2.05, 4.69) is 12.1 Å². The lowest BCUT2D eigenvalue weighted by Crippen LogP contribution is -2.32. The molecule has 1 heterocycles. The molecular weight excluding hydrogens is 276 g/mol. The van der Waals surface area contributed by atoms with Crippen LogP contribution in [0, 0.1) is 0 Å². The van der Waals surface area contributed by atoms with E-state index in [1.54, 1.807) is 11.8 Å². The van der Waals surface area contributed by atoms with E-state index in [4.69, 9.17) is 0 Å². The van der Waals surface area contributed by atoms with Crippen LogP contribution in [0.5, 0.6) is 0 Å². The lowest BCUT2D eigenvalue weighted by molar-refractivity contribution is 0.118. The van der Waals surface area contributed by atoms with Gasteiger partial charge in [0, 0.05) is 20.9 Å². The highest BCUT2D eigenvalue weighted by atomic mass is 32.2. The van der Waals surface area contributed by atoms with Crippen molar-refractivity contribution in [3.63, 3.8) is 0 Å². The summed E-state index contributed by atoms with van der Waals surface area (Å²) in [6.45, 7) is 0. The van der Waals surface area contributed by atoms with E-state index in [0.717, 1.165) is 26.5 Å². The van der Waals surface area contributed by atoms with E-state index in [1.807, 2.05) is 66.7 Å². The highest BCUT2D eigenvalue weighted by Crippen LogP contribution is 2.50. The third kappa shape index (κ3) is 1.84. The minimum absolute atomic E-state index is 0.908. The van der Waals surface area contributed by atoms with Crippen LogP contribution in [0.15, 0.2) is 88.7 Å². The molecule has 21 heavy (non-hydrogen) atoms. The Hall–Kier alpha value is -2.03. The molecular formula is C19H14OS. The first kappa shape index (κ1) is 12.7. The van der Waals surface area contributed by atoms with Crippen molar-refractivity contribution in [1.82, 2.24) is 0 Å². The second kappa shape index (κ2) is 4.76. The van der Waals surface area contributed by atoms with Crippen molar-refractivity contribution in [3.8, 4) is 0 Å². The summed E-state index contributed by atoms with van der Waals surface area (Å²) in [4.78, 5) is 2.23. The standard InChI is InChI=1S/C19H14OS/c20-19(14-8-2-1-3-9-14)15-10-4-6-12-17(15)21-18-13-7-5-11-16(18)19/h1-13,20H. The molecule has 3 aromatic rings. The Morgan fingerprint density at radius 1 is 0.619 bits per heavy atom. The summed E-state index contributed by atoms with van der Waals surface area (Å²) in [5.74, 6) is 0. The molecule has 0 unspecified atom stereocenters. The van der Waals surface area contributed by atoms with Gasteiger partial charge in [0.1, 0.15) is 5.60 Å². The van der Waals surface area contributed by atoms with Gasteiger partial charge in [0.2, 0.25) is 0 Å². The largest absolute Gasteiger partial charge is 0.376 e. The quantitative estimate of drug-likeness (QED) is 0.715. The maximum Gasteiger partial charge on any atom is 0.142 e. The first-order valence-electron chi connectivity index (χ1n) is 6.95. The van der Waals surface area contributed by atoms with Crippen molar-refractivity contribution >= 4 is 11.8 Å². The van der Waals surface area contributed by atoms with Crippen LogP contribution in [-0.2, 0) is 5.60 Å². The fourth-order valence-electron chi connectivity index (χ4n) is 2.96. The molecule has 0 radical (unpaired) electrons. The predicted octanol–water partition coefficient (Wildman–Crippen LogP) is 4.44. The molecule has 0 amide bonds. The summed E-state index contributed by atoms with van der Waals surface area (Å²) in [5, 5.41) is 11.6. The van der Waals surface area contributed by atoms with E-state index < -0.39 is 5.60 Å². The molecule has 0 aromatic heterocycles. The monoisotopic (exact) mass is 290 g/mol. The van der Waals surface area contributed by atoms with Gasteiger partial charge in [0.25, 0.3) is 0 Å². The number of aliphatic hydroxyl groups is 1. The van der Waals surface area contributed by atoms with Gasteiger partial charge >= 0.3 is 0 Å². The van der Waals surface area contributed by atoms with Gasteiger partial charge in [-0.1, -0.05) is 78.5 Å². The number of hydrogen-bond donors (Lipinski definition) is 1.